The van der Waals surface area contributed by atoms with Crippen molar-refractivity contribution in [1.82, 2.24) is 4.90 Å². The van der Waals surface area contributed by atoms with E-state index >= 15 is 0 Å². The number of aliphatic hydroxyl groups is 1. The monoisotopic (exact) mass is 272 g/mol. The molecule has 2 aliphatic heterocycles. The highest BCUT2D eigenvalue weighted by molar-refractivity contribution is 7.91. The molecule has 2 unspecified atom stereocenters. The number of likely N-dealkylation sites (tertiary alicyclic amines) is 1. The average Bonchev–Trinajstić information content (AvgIpc) is 2.53. The molecule has 2 fully saturated rings. The van der Waals surface area contributed by atoms with Crippen LogP contribution in [-0.4, -0.2) is 55.7 Å². The molecule has 0 aromatic heterocycles. The van der Waals surface area contributed by atoms with Gasteiger partial charge in [0.15, 0.2) is 9.84 Å². The first-order valence-electron chi connectivity index (χ1n) is 6.35. The number of rotatable bonds is 1. The summed E-state index contributed by atoms with van der Waals surface area (Å²) in [6.45, 7) is 1.59. The Bertz CT molecular complexity index is 470. The van der Waals surface area contributed by atoms with Gasteiger partial charge in [-0.15, -0.1) is 0 Å². The zero-order valence-corrected chi connectivity index (χ0v) is 11.5. The van der Waals surface area contributed by atoms with Gasteiger partial charge in [-0.25, -0.2) is 8.42 Å². The lowest BCUT2D eigenvalue weighted by molar-refractivity contribution is -0.0548. The molecule has 0 spiro atoms. The second-order valence-corrected chi connectivity index (χ2v) is 7.91. The van der Waals surface area contributed by atoms with E-state index in [-0.39, 0.29) is 17.9 Å². The van der Waals surface area contributed by atoms with Gasteiger partial charge in [0.25, 0.3) is 0 Å². The Balaban J connectivity index is 2.30. The predicted octanol–water partition coefficient (Wildman–Crippen LogP) is 0.162. The smallest absolute Gasteiger partial charge is 0.152 e. The summed E-state index contributed by atoms with van der Waals surface area (Å²) in [5, 5.41) is 20.3. The Hall–Kier alpha value is -0.640. The summed E-state index contributed by atoms with van der Waals surface area (Å²) in [6, 6.07) is 2.14. The summed E-state index contributed by atoms with van der Waals surface area (Å²) in [7, 11) is -1.19. The van der Waals surface area contributed by atoms with Crippen LogP contribution >= 0.6 is 0 Å². The van der Waals surface area contributed by atoms with Gasteiger partial charge in [-0.2, -0.15) is 5.26 Å². The van der Waals surface area contributed by atoms with Crippen molar-refractivity contribution in [1.29, 1.82) is 5.26 Å². The van der Waals surface area contributed by atoms with Crippen molar-refractivity contribution < 1.29 is 13.5 Å². The predicted molar refractivity (Wildman–Crippen MR) is 67.6 cm³/mol. The highest BCUT2D eigenvalue weighted by atomic mass is 32.2. The van der Waals surface area contributed by atoms with E-state index < -0.39 is 20.9 Å². The normalized spacial score (nSPS) is 41.2. The molecule has 0 saturated carbocycles. The Morgan fingerprint density at radius 1 is 1.28 bits per heavy atom. The minimum Gasteiger partial charge on any atom is -0.388 e. The largest absolute Gasteiger partial charge is 0.388 e. The molecular formula is C12H20N2O3S. The van der Waals surface area contributed by atoms with E-state index in [9.17, 15) is 18.8 Å². The quantitative estimate of drug-likeness (QED) is 0.735. The molecule has 2 atom stereocenters. The van der Waals surface area contributed by atoms with Crippen LogP contribution < -0.4 is 0 Å². The van der Waals surface area contributed by atoms with Crippen molar-refractivity contribution in [2.75, 3.05) is 31.6 Å². The fraction of sp³-hybridized carbons (Fsp3) is 0.917. The third-order valence-corrected chi connectivity index (χ3v) is 6.21. The topological polar surface area (TPSA) is 81.4 Å². The first kappa shape index (κ1) is 13.8. The molecule has 2 heterocycles. The lowest BCUT2D eigenvalue weighted by Gasteiger charge is -2.39. The zero-order chi connectivity index (χ0) is 13.4. The highest BCUT2D eigenvalue weighted by Crippen LogP contribution is 2.46. The molecule has 0 aliphatic carbocycles. The molecule has 6 heteroatoms. The number of hydrogen-bond acceptors (Lipinski definition) is 5. The van der Waals surface area contributed by atoms with Crippen LogP contribution in [-0.2, 0) is 9.84 Å². The molecule has 18 heavy (non-hydrogen) atoms. The van der Waals surface area contributed by atoms with Crippen molar-refractivity contribution in [3.05, 3.63) is 0 Å². The fourth-order valence-corrected chi connectivity index (χ4v) is 5.17. The second kappa shape index (κ2) is 4.48. The molecular weight excluding hydrogens is 252 g/mol. The first-order valence-corrected chi connectivity index (χ1v) is 8.17. The maximum atomic E-state index is 11.7. The van der Waals surface area contributed by atoms with Gasteiger partial charge in [0.05, 0.1) is 23.2 Å². The van der Waals surface area contributed by atoms with Gasteiger partial charge >= 0.3 is 0 Å². The van der Waals surface area contributed by atoms with Crippen LogP contribution in [0.2, 0.25) is 0 Å². The van der Waals surface area contributed by atoms with Gasteiger partial charge in [0, 0.05) is 6.54 Å². The number of nitriles is 1. The third kappa shape index (κ3) is 2.27. The Morgan fingerprint density at radius 2 is 2.00 bits per heavy atom. The average molecular weight is 272 g/mol. The Labute approximate surface area is 108 Å². The van der Waals surface area contributed by atoms with Crippen molar-refractivity contribution in [2.45, 2.75) is 31.3 Å². The Kier molecular flexibility index (Phi) is 3.43. The SMILES string of the molecule is CN1CCCC(O)(C2(C#N)CCS(=O)(=O)C2)CC1. The molecule has 5 nitrogen and oxygen atoms in total. The molecule has 0 aromatic rings. The van der Waals surface area contributed by atoms with Crippen molar-refractivity contribution in [3.8, 4) is 6.07 Å². The molecule has 2 rings (SSSR count). The van der Waals surface area contributed by atoms with E-state index in [1.807, 2.05) is 7.05 Å². The van der Waals surface area contributed by atoms with Crippen molar-refractivity contribution >= 4 is 9.84 Å². The minimum atomic E-state index is -3.17. The van der Waals surface area contributed by atoms with Crippen molar-refractivity contribution in [2.24, 2.45) is 5.41 Å². The molecule has 0 radical (unpaired) electrons. The van der Waals surface area contributed by atoms with Crippen LogP contribution in [0.15, 0.2) is 0 Å². The summed E-state index contributed by atoms with van der Waals surface area (Å²) in [5.41, 5.74) is -2.26. The summed E-state index contributed by atoms with van der Waals surface area (Å²) >= 11 is 0. The van der Waals surface area contributed by atoms with Crippen LogP contribution in [0.25, 0.3) is 0 Å². The molecule has 2 aliphatic rings. The molecule has 0 bridgehead atoms. The van der Waals surface area contributed by atoms with Crippen LogP contribution in [0.1, 0.15) is 25.7 Å². The van der Waals surface area contributed by atoms with E-state index in [4.69, 9.17) is 0 Å². The summed E-state index contributed by atoms with van der Waals surface area (Å²) in [4.78, 5) is 2.12. The van der Waals surface area contributed by atoms with Gasteiger partial charge in [-0.3, -0.25) is 0 Å². The van der Waals surface area contributed by atoms with E-state index in [1.54, 1.807) is 0 Å². The maximum absolute atomic E-state index is 11.7. The maximum Gasteiger partial charge on any atom is 0.152 e. The van der Waals surface area contributed by atoms with Gasteiger partial charge in [0.2, 0.25) is 0 Å². The van der Waals surface area contributed by atoms with Crippen LogP contribution in [0, 0.1) is 16.7 Å². The third-order valence-electron chi connectivity index (χ3n) is 4.45. The highest BCUT2D eigenvalue weighted by Gasteiger charge is 2.56. The van der Waals surface area contributed by atoms with Crippen molar-refractivity contribution in [3.63, 3.8) is 0 Å². The van der Waals surface area contributed by atoms with Crippen LogP contribution in [0.4, 0.5) is 0 Å². The zero-order valence-electron chi connectivity index (χ0n) is 10.7. The second-order valence-electron chi connectivity index (χ2n) is 5.72. The molecule has 0 amide bonds. The van der Waals surface area contributed by atoms with Gasteiger partial charge in [-0.1, -0.05) is 0 Å². The van der Waals surface area contributed by atoms with Crippen LogP contribution in [0.5, 0.6) is 0 Å². The van der Waals surface area contributed by atoms with E-state index in [2.05, 4.69) is 11.0 Å². The standard InChI is InChI=1S/C12H20N2O3S/c1-14-6-2-3-12(15,4-7-14)11(9-13)5-8-18(16,17)10-11/h15H,2-8,10H2,1H3. The molecule has 1 N–H and O–H groups in total. The first-order chi connectivity index (χ1) is 8.33. The summed E-state index contributed by atoms with van der Waals surface area (Å²) < 4.78 is 23.3. The number of hydrogen-bond donors (Lipinski definition) is 1. The lowest BCUT2D eigenvalue weighted by Crippen LogP contribution is -2.49. The number of nitrogens with zero attached hydrogens (tertiary/aromatic N) is 2. The number of sulfone groups is 1. The van der Waals surface area contributed by atoms with E-state index in [0.29, 0.717) is 19.4 Å². The minimum absolute atomic E-state index is 0.0265. The Morgan fingerprint density at radius 3 is 2.56 bits per heavy atom. The summed E-state index contributed by atoms with van der Waals surface area (Å²) in [6.07, 6.45) is 2.07. The summed E-state index contributed by atoms with van der Waals surface area (Å²) in [5.74, 6) is -0.157. The van der Waals surface area contributed by atoms with Gasteiger partial charge < -0.3 is 10.0 Å². The fourth-order valence-electron chi connectivity index (χ4n) is 3.14. The lowest BCUT2D eigenvalue weighted by atomic mass is 9.69. The molecule has 102 valence electrons. The van der Waals surface area contributed by atoms with E-state index in [1.165, 1.54) is 0 Å². The molecule has 0 aromatic carbocycles. The van der Waals surface area contributed by atoms with Gasteiger partial charge in [0.1, 0.15) is 5.41 Å². The van der Waals surface area contributed by atoms with Gasteiger partial charge in [-0.05, 0) is 39.3 Å². The van der Waals surface area contributed by atoms with E-state index in [0.717, 1.165) is 13.0 Å². The molecule has 2 saturated heterocycles. The van der Waals surface area contributed by atoms with Crippen LogP contribution in [0.3, 0.4) is 0 Å².